The molecule has 1 heterocycles. The minimum absolute atomic E-state index is 0.0575. The zero-order valence-electron chi connectivity index (χ0n) is 17.5. The van der Waals surface area contributed by atoms with Gasteiger partial charge in [-0.05, 0) is 45.9 Å². The number of nitrogens with zero attached hydrogens (tertiary/aromatic N) is 1. The van der Waals surface area contributed by atoms with E-state index in [1.165, 1.54) is 31.3 Å². The molecule has 9 nitrogen and oxygen atoms in total. The van der Waals surface area contributed by atoms with E-state index in [-0.39, 0.29) is 51.6 Å². The van der Waals surface area contributed by atoms with Crippen LogP contribution in [0, 0.1) is 6.92 Å². The quantitative estimate of drug-likeness (QED) is 0.319. The maximum atomic E-state index is 12.3. The lowest BCUT2D eigenvalue weighted by Gasteiger charge is -2.20. The predicted molar refractivity (Wildman–Crippen MR) is 115 cm³/mol. The number of aliphatic hydroxyl groups is 1. The Morgan fingerprint density at radius 2 is 1.97 bits per heavy atom. The van der Waals surface area contributed by atoms with Crippen LogP contribution in [0.1, 0.15) is 49.3 Å². The second-order valence-corrected chi connectivity index (χ2v) is 8.73. The number of aliphatic hydroxyl groups excluding tert-OH is 1. The van der Waals surface area contributed by atoms with Crippen LogP contribution < -0.4 is 5.09 Å². The van der Waals surface area contributed by atoms with Crippen molar-refractivity contribution < 1.29 is 33.9 Å². The second kappa shape index (κ2) is 10.9. The normalized spacial score (nSPS) is 14.3. The second-order valence-electron chi connectivity index (χ2n) is 7.17. The molecule has 1 aromatic carbocycles. The molecule has 3 atom stereocenters. The van der Waals surface area contributed by atoms with Gasteiger partial charge in [-0.3, -0.25) is 14.3 Å². The van der Waals surface area contributed by atoms with E-state index >= 15 is 0 Å². The number of pyridine rings is 1. The van der Waals surface area contributed by atoms with Crippen molar-refractivity contribution in [3.63, 3.8) is 0 Å². The number of hydrogen-bond donors (Lipinski definition) is 4. The Morgan fingerprint density at radius 1 is 1.29 bits per heavy atom. The van der Waals surface area contributed by atoms with E-state index in [0.29, 0.717) is 0 Å². The first-order valence-corrected chi connectivity index (χ1v) is 11.2. The van der Waals surface area contributed by atoms with Crippen molar-refractivity contribution in [1.29, 1.82) is 0 Å². The van der Waals surface area contributed by atoms with Crippen molar-refractivity contribution >= 4 is 25.7 Å². The molecule has 31 heavy (non-hydrogen) atoms. The molecule has 0 aliphatic heterocycles. The largest absolute Gasteiger partial charge is 0.508 e. The van der Waals surface area contributed by atoms with Gasteiger partial charge in [-0.2, -0.15) is 0 Å². The van der Waals surface area contributed by atoms with Crippen LogP contribution in [0.5, 0.6) is 11.5 Å². The third kappa shape index (κ3) is 6.66. The Bertz CT molecular complexity index is 971. The predicted octanol–water partition coefficient (Wildman–Crippen LogP) is 3.37. The van der Waals surface area contributed by atoms with Gasteiger partial charge < -0.3 is 24.6 Å². The zero-order valence-corrected chi connectivity index (χ0v) is 19.3. The number of aromatic nitrogens is 1. The fraction of sp³-hybridized carbons (Fsp3) is 0.400. The number of rotatable bonds is 9. The summed E-state index contributed by atoms with van der Waals surface area (Å²) in [5, 5.41) is 33.8. The van der Waals surface area contributed by atoms with E-state index in [2.05, 4.69) is 10.1 Å². The van der Waals surface area contributed by atoms with Crippen LogP contribution in [0.25, 0.3) is 0 Å². The zero-order chi connectivity index (χ0) is 23.3. The molecule has 2 rings (SSSR count). The van der Waals surface area contributed by atoms with Gasteiger partial charge >= 0.3 is 5.97 Å². The molecule has 170 valence electrons. The number of nitrogens with one attached hydrogen (secondary N) is 1. The number of phenols is 1. The summed E-state index contributed by atoms with van der Waals surface area (Å²) in [4.78, 5) is 15.9. The van der Waals surface area contributed by atoms with Gasteiger partial charge in [0.1, 0.15) is 23.6 Å². The van der Waals surface area contributed by atoms with Crippen molar-refractivity contribution in [2.45, 2.75) is 52.6 Å². The van der Waals surface area contributed by atoms with E-state index < -0.39 is 26.3 Å². The monoisotopic (exact) mass is 472 g/mol. The van der Waals surface area contributed by atoms with E-state index in [9.17, 15) is 24.7 Å². The topological polar surface area (TPSA) is 138 Å². The van der Waals surface area contributed by atoms with Gasteiger partial charge in [-0.15, -0.1) is 0 Å². The van der Waals surface area contributed by atoms with Crippen LogP contribution in [0.2, 0.25) is 5.02 Å². The van der Waals surface area contributed by atoms with E-state index in [0.717, 1.165) is 0 Å². The smallest absolute Gasteiger partial charge is 0.323 e. The van der Waals surface area contributed by atoms with Crippen LogP contribution in [0.4, 0.5) is 0 Å². The minimum Gasteiger partial charge on any atom is -0.508 e. The number of carbonyl (C=O) groups is 1. The number of phenolic OH excluding ortho intramolecular Hbond substituents is 1. The Morgan fingerprint density at radius 3 is 2.61 bits per heavy atom. The average Bonchev–Trinajstić information content (AvgIpc) is 2.69. The molecule has 4 N–H and O–H groups in total. The fourth-order valence-corrected chi connectivity index (χ4v) is 3.79. The number of aromatic hydroxyl groups is 2. The average molecular weight is 473 g/mol. The lowest BCUT2D eigenvalue weighted by atomic mass is 9.96. The number of ether oxygens (including phenoxy) is 1. The number of aryl methyl sites for hydroxylation is 1. The van der Waals surface area contributed by atoms with E-state index in [4.69, 9.17) is 20.9 Å². The summed E-state index contributed by atoms with van der Waals surface area (Å²) < 4.78 is 22.6. The first-order chi connectivity index (χ1) is 14.5. The van der Waals surface area contributed by atoms with Crippen molar-refractivity contribution in [2.75, 3.05) is 0 Å². The molecule has 2 unspecified atom stereocenters. The van der Waals surface area contributed by atoms with Crippen LogP contribution in [-0.2, 0) is 25.2 Å². The highest BCUT2D eigenvalue weighted by Gasteiger charge is 2.24. The number of halogens is 1. The molecule has 0 radical (unpaired) electrons. The van der Waals surface area contributed by atoms with E-state index in [1.807, 2.05) is 0 Å². The van der Waals surface area contributed by atoms with Gasteiger partial charge in [-0.1, -0.05) is 11.6 Å². The molecule has 0 aliphatic carbocycles. The van der Waals surface area contributed by atoms with Crippen molar-refractivity contribution in [2.24, 2.45) is 0 Å². The molecule has 0 amide bonds. The summed E-state index contributed by atoms with van der Waals surface area (Å²) in [5.41, 5.74) is 0.735. The lowest BCUT2D eigenvalue weighted by Crippen LogP contribution is -2.32. The molecule has 0 bridgehead atoms. The third-order valence-electron chi connectivity index (χ3n) is 4.30. The summed E-state index contributed by atoms with van der Waals surface area (Å²) in [5.74, 6) is -0.964. The summed E-state index contributed by atoms with van der Waals surface area (Å²) in [6.45, 7) is 6.17. The Labute approximate surface area is 185 Å². The Kier molecular flexibility index (Phi) is 8.85. The standard InChI is InChI=1S/C20H26ClN2O7P/c1-10(2)30-20(27)12(4)23-31(28)29-9-13-8-22-11(3)18(25)17(13)19(26)15-7-14(24)5-6-16(15)21/h5-8,10,12,19,24-26,31H,9H2,1-4H3,(H,23,28)/t12-,19?/m0/s1. The number of hydrogen-bond acceptors (Lipinski definition) is 8. The SMILES string of the molecule is Cc1ncc(CO[PH](=O)N[C@@H](C)C(=O)OC(C)C)c(C(O)c2cc(O)ccc2Cl)c1O. The van der Waals surface area contributed by atoms with E-state index in [1.54, 1.807) is 20.8 Å². The summed E-state index contributed by atoms with van der Waals surface area (Å²) >= 11 is 6.14. The van der Waals surface area contributed by atoms with Crippen LogP contribution in [-0.4, -0.2) is 38.4 Å². The molecule has 0 fully saturated rings. The highest BCUT2D eigenvalue weighted by atomic mass is 35.5. The Balaban J connectivity index is 2.21. The Hall–Kier alpha value is -2.16. The van der Waals surface area contributed by atoms with Crippen molar-refractivity contribution in [3.8, 4) is 11.5 Å². The summed E-state index contributed by atoms with van der Waals surface area (Å²) in [6.07, 6.45) is -0.347. The van der Waals surface area contributed by atoms with Crippen LogP contribution in [0.15, 0.2) is 24.4 Å². The van der Waals surface area contributed by atoms with Gasteiger partial charge in [-0.25, -0.2) is 5.09 Å². The molecule has 0 saturated carbocycles. The highest BCUT2D eigenvalue weighted by Crippen LogP contribution is 2.38. The maximum absolute atomic E-state index is 12.3. The maximum Gasteiger partial charge on any atom is 0.323 e. The fourth-order valence-electron chi connectivity index (χ4n) is 2.72. The summed E-state index contributed by atoms with van der Waals surface area (Å²) in [6, 6.07) is 3.20. The molecular weight excluding hydrogens is 447 g/mol. The van der Waals surface area contributed by atoms with Gasteiger partial charge in [0.05, 0.1) is 18.4 Å². The number of esters is 1. The molecule has 11 heteroatoms. The molecular formula is C20H26ClN2O7P. The molecule has 0 spiro atoms. The van der Waals surface area contributed by atoms with Crippen molar-refractivity contribution in [1.82, 2.24) is 10.1 Å². The third-order valence-corrected chi connectivity index (χ3v) is 5.72. The molecule has 0 saturated heterocycles. The minimum atomic E-state index is -2.87. The lowest BCUT2D eigenvalue weighted by molar-refractivity contribution is -0.149. The molecule has 1 aromatic heterocycles. The summed E-state index contributed by atoms with van der Waals surface area (Å²) in [7, 11) is -2.87. The highest BCUT2D eigenvalue weighted by molar-refractivity contribution is 7.36. The van der Waals surface area contributed by atoms with Gasteiger partial charge in [0.15, 0.2) is 0 Å². The van der Waals surface area contributed by atoms with Crippen molar-refractivity contribution in [3.05, 3.63) is 51.8 Å². The van der Waals surface area contributed by atoms with Gasteiger partial charge in [0.25, 0.3) is 8.18 Å². The van der Waals surface area contributed by atoms with Crippen LogP contribution in [0.3, 0.4) is 0 Å². The molecule has 2 aromatic rings. The number of benzene rings is 1. The van der Waals surface area contributed by atoms with Gasteiger partial charge in [0, 0.05) is 27.9 Å². The number of carbonyl (C=O) groups excluding carboxylic acids is 1. The first-order valence-electron chi connectivity index (χ1n) is 9.48. The first kappa shape index (κ1) is 25.1. The van der Waals surface area contributed by atoms with Crippen LogP contribution >= 0.6 is 19.8 Å². The molecule has 0 aliphatic rings. The van der Waals surface area contributed by atoms with Gasteiger partial charge in [0.2, 0.25) is 0 Å².